The highest BCUT2D eigenvalue weighted by Gasteiger charge is 2.33. The largest absolute Gasteiger partial charge is 0.334 e. The maximum atomic E-state index is 12.7. The van der Waals surface area contributed by atoms with Gasteiger partial charge in [-0.05, 0) is 51.8 Å². The van der Waals surface area contributed by atoms with Crippen LogP contribution in [0.3, 0.4) is 0 Å². The molecule has 23 heavy (non-hydrogen) atoms. The minimum absolute atomic E-state index is 0.186. The van der Waals surface area contributed by atoms with E-state index in [2.05, 4.69) is 30.0 Å². The minimum atomic E-state index is 0.186. The van der Waals surface area contributed by atoms with Crippen LogP contribution in [0.25, 0.3) is 0 Å². The smallest absolute Gasteiger partial charge is 0.223 e. The van der Waals surface area contributed by atoms with E-state index >= 15 is 0 Å². The molecular weight excluding hydrogens is 288 g/mol. The Balaban J connectivity index is 1.69. The van der Waals surface area contributed by atoms with Crippen LogP contribution in [-0.4, -0.2) is 46.1 Å². The molecular formula is C18H30N4O. The van der Waals surface area contributed by atoms with E-state index in [4.69, 9.17) is 5.10 Å². The first kappa shape index (κ1) is 16.5. The summed E-state index contributed by atoms with van der Waals surface area (Å²) in [5.41, 5.74) is 2.28. The van der Waals surface area contributed by atoms with Crippen LogP contribution < -0.4 is 0 Å². The quantitative estimate of drug-likeness (QED) is 0.838. The van der Waals surface area contributed by atoms with Crippen molar-refractivity contribution in [3.05, 3.63) is 17.5 Å². The number of hydrogen-bond acceptors (Lipinski definition) is 3. The highest BCUT2D eigenvalue weighted by atomic mass is 16.2. The predicted molar refractivity (Wildman–Crippen MR) is 90.9 cm³/mol. The van der Waals surface area contributed by atoms with Gasteiger partial charge in [0.2, 0.25) is 5.91 Å². The second-order valence-electron chi connectivity index (χ2n) is 7.52. The zero-order valence-electron chi connectivity index (χ0n) is 14.8. The number of carbonyl (C=O) groups is 1. The lowest BCUT2D eigenvalue weighted by Crippen LogP contribution is -2.31. The third-order valence-corrected chi connectivity index (χ3v) is 5.33. The molecule has 0 spiro atoms. The molecule has 2 aliphatic rings. The summed E-state index contributed by atoms with van der Waals surface area (Å²) in [6, 6.07) is 2.37. The molecule has 2 heterocycles. The van der Waals surface area contributed by atoms with Gasteiger partial charge in [-0.2, -0.15) is 5.10 Å². The van der Waals surface area contributed by atoms with Gasteiger partial charge in [-0.1, -0.05) is 12.8 Å². The van der Waals surface area contributed by atoms with Gasteiger partial charge >= 0.3 is 0 Å². The topological polar surface area (TPSA) is 41.4 Å². The SMILES string of the molecule is CN(C)Cc1cc([C@@H]2CCCN2C(=O)CC2CCCC2)nn1C. The van der Waals surface area contributed by atoms with Crippen molar-refractivity contribution in [2.24, 2.45) is 13.0 Å². The van der Waals surface area contributed by atoms with Crippen LogP contribution in [0.1, 0.15) is 62.4 Å². The molecule has 1 saturated heterocycles. The Morgan fingerprint density at radius 1 is 1.26 bits per heavy atom. The Bertz CT molecular complexity index is 545. The van der Waals surface area contributed by atoms with E-state index in [-0.39, 0.29) is 6.04 Å². The lowest BCUT2D eigenvalue weighted by molar-refractivity contribution is -0.133. The number of rotatable bonds is 5. The van der Waals surface area contributed by atoms with Gasteiger partial charge in [0.1, 0.15) is 0 Å². The molecule has 0 N–H and O–H groups in total. The standard InChI is InChI=1S/C18H30N4O/c1-20(2)13-15-12-16(19-21(15)3)17-9-6-10-22(17)18(23)11-14-7-4-5-8-14/h12,14,17H,4-11,13H2,1-3H3/t17-/m0/s1. The van der Waals surface area contributed by atoms with Crippen LogP contribution in [-0.2, 0) is 18.4 Å². The zero-order chi connectivity index (χ0) is 16.4. The van der Waals surface area contributed by atoms with Crippen LogP contribution in [0.2, 0.25) is 0 Å². The van der Waals surface area contributed by atoms with E-state index in [9.17, 15) is 4.79 Å². The molecule has 2 fully saturated rings. The summed E-state index contributed by atoms with van der Waals surface area (Å²) in [4.78, 5) is 17.0. The highest BCUT2D eigenvalue weighted by Crippen LogP contribution is 2.34. The number of nitrogens with zero attached hydrogens (tertiary/aromatic N) is 4. The first-order chi connectivity index (χ1) is 11.0. The summed E-state index contributed by atoms with van der Waals surface area (Å²) in [6.45, 7) is 1.78. The number of hydrogen-bond donors (Lipinski definition) is 0. The van der Waals surface area contributed by atoms with Gasteiger partial charge in [0.25, 0.3) is 0 Å². The molecule has 128 valence electrons. The van der Waals surface area contributed by atoms with Crippen LogP contribution in [0.15, 0.2) is 6.07 Å². The fourth-order valence-electron chi connectivity index (χ4n) is 4.12. The van der Waals surface area contributed by atoms with Crippen LogP contribution in [0.5, 0.6) is 0 Å². The van der Waals surface area contributed by atoms with Crippen molar-refractivity contribution < 1.29 is 4.79 Å². The summed E-state index contributed by atoms with van der Waals surface area (Å²) in [5, 5.41) is 4.71. The maximum absolute atomic E-state index is 12.7. The van der Waals surface area contributed by atoms with E-state index in [1.807, 2.05) is 11.7 Å². The molecule has 3 rings (SSSR count). The summed E-state index contributed by atoms with van der Waals surface area (Å²) in [5.74, 6) is 0.969. The summed E-state index contributed by atoms with van der Waals surface area (Å²) < 4.78 is 1.97. The molecule has 1 saturated carbocycles. The molecule has 1 aliphatic carbocycles. The van der Waals surface area contributed by atoms with E-state index in [0.717, 1.165) is 38.0 Å². The Hall–Kier alpha value is -1.36. The van der Waals surface area contributed by atoms with Gasteiger partial charge in [-0.3, -0.25) is 9.48 Å². The molecule has 1 atom stereocenters. The number of carbonyl (C=O) groups excluding carboxylic acids is 1. The Kier molecular flexibility index (Phi) is 5.05. The van der Waals surface area contributed by atoms with Crippen molar-refractivity contribution >= 4 is 5.91 Å². The van der Waals surface area contributed by atoms with Crippen molar-refractivity contribution in [1.29, 1.82) is 0 Å². The van der Waals surface area contributed by atoms with E-state index in [1.54, 1.807) is 0 Å². The molecule has 1 aromatic rings. The minimum Gasteiger partial charge on any atom is -0.334 e. The normalized spacial score (nSPS) is 22.4. The van der Waals surface area contributed by atoms with Crippen molar-refractivity contribution in [2.75, 3.05) is 20.6 Å². The summed E-state index contributed by atoms with van der Waals surface area (Å²) in [6.07, 6.45) is 7.97. The second-order valence-corrected chi connectivity index (χ2v) is 7.52. The Morgan fingerprint density at radius 3 is 2.70 bits per heavy atom. The molecule has 5 heteroatoms. The summed E-state index contributed by atoms with van der Waals surface area (Å²) in [7, 11) is 6.14. The van der Waals surface area contributed by atoms with Gasteiger partial charge in [0, 0.05) is 26.6 Å². The average molecular weight is 318 g/mol. The number of aromatic nitrogens is 2. The Morgan fingerprint density at radius 2 is 2.00 bits per heavy atom. The van der Waals surface area contributed by atoms with Gasteiger partial charge in [0.05, 0.1) is 17.4 Å². The average Bonchev–Trinajstić information content (AvgIpc) is 3.20. The molecule has 0 bridgehead atoms. The van der Waals surface area contributed by atoms with E-state index in [1.165, 1.54) is 31.4 Å². The first-order valence-electron chi connectivity index (χ1n) is 9.01. The number of aryl methyl sites for hydroxylation is 1. The van der Waals surface area contributed by atoms with Gasteiger partial charge < -0.3 is 9.80 Å². The fraction of sp³-hybridized carbons (Fsp3) is 0.778. The third-order valence-electron chi connectivity index (χ3n) is 5.33. The van der Waals surface area contributed by atoms with Crippen LogP contribution >= 0.6 is 0 Å². The molecule has 1 aromatic heterocycles. The van der Waals surface area contributed by atoms with Crippen molar-refractivity contribution in [3.8, 4) is 0 Å². The Labute approximate surface area is 139 Å². The van der Waals surface area contributed by atoms with Crippen molar-refractivity contribution in [1.82, 2.24) is 19.6 Å². The first-order valence-corrected chi connectivity index (χ1v) is 9.01. The van der Waals surface area contributed by atoms with Crippen LogP contribution in [0.4, 0.5) is 0 Å². The molecule has 5 nitrogen and oxygen atoms in total. The molecule has 1 amide bonds. The van der Waals surface area contributed by atoms with Gasteiger partial charge in [-0.25, -0.2) is 0 Å². The van der Waals surface area contributed by atoms with Gasteiger partial charge in [-0.15, -0.1) is 0 Å². The molecule has 0 unspecified atom stereocenters. The molecule has 1 aliphatic heterocycles. The van der Waals surface area contributed by atoms with Crippen molar-refractivity contribution in [3.63, 3.8) is 0 Å². The zero-order valence-corrected chi connectivity index (χ0v) is 14.8. The number of likely N-dealkylation sites (tertiary alicyclic amines) is 1. The lowest BCUT2D eigenvalue weighted by atomic mass is 10.0. The number of amides is 1. The summed E-state index contributed by atoms with van der Waals surface area (Å²) >= 11 is 0. The van der Waals surface area contributed by atoms with Crippen LogP contribution in [0, 0.1) is 5.92 Å². The third kappa shape index (κ3) is 3.77. The highest BCUT2D eigenvalue weighted by molar-refractivity contribution is 5.77. The van der Waals surface area contributed by atoms with Gasteiger partial charge in [0.15, 0.2) is 0 Å². The molecule has 0 aromatic carbocycles. The predicted octanol–water partition coefficient (Wildman–Crippen LogP) is 2.73. The van der Waals surface area contributed by atoms with E-state index in [0.29, 0.717) is 11.8 Å². The van der Waals surface area contributed by atoms with Crippen molar-refractivity contribution in [2.45, 2.75) is 57.5 Å². The molecule has 0 radical (unpaired) electrons. The lowest BCUT2D eigenvalue weighted by Gasteiger charge is -2.24. The van der Waals surface area contributed by atoms with E-state index < -0.39 is 0 Å². The monoisotopic (exact) mass is 318 g/mol. The second kappa shape index (κ2) is 7.04. The maximum Gasteiger partial charge on any atom is 0.223 e. The fourth-order valence-corrected chi connectivity index (χ4v) is 4.12.